The van der Waals surface area contributed by atoms with Gasteiger partial charge in [0.2, 0.25) is 5.91 Å². The molecule has 0 atom stereocenters. The third-order valence-corrected chi connectivity index (χ3v) is 8.55. The second-order valence-corrected chi connectivity index (χ2v) is 11.1. The Kier molecular flexibility index (Phi) is 5.97. The number of carbonyl (C=O) groups excluding carboxylic acids is 1. The normalized spacial score (nSPS) is 13.6. The standard InChI is InChI=1S/C20H21ClN4O3S2/c1-24(30(27,28)20-11-10-18(21)29-20)13-19(26)22-12-16-15-8-5-9-17(15)25(23-16)14-6-3-2-4-7-14/h2-4,6-7,10-11H,5,8-9,12-13H2,1H3,(H,22,26). The monoisotopic (exact) mass is 464 g/mol. The van der Waals surface area contributed by atoms with E-state index in [0.717, 1.165) is 46.3 Å². The van der Waals surface area contributed by atoms with Gasteiger partial charge in [-0.2, -0.15) is 9.40 Å². The summed E-state index contributed by atoms with van der Waals surface area (Å²) in [6.07, 6.45) is 2.95. The van der Waals surface area contributed by atoms with Crippen LogP contribution in [0, 0.1) is 0 Å². The fourth-order valence-electron chi connectivity index (χ4n) is 3.55. The van der Waals surface area contributed by atoms with E-state index in [1.54, 1.807) is 0 Å². The molecule has 0 saturated carbocycles. The molecule has 0 fully saturated rings. The molecule has 0 radical (unpaired) electrons. The molecule has 1 aliphatic rings. The summed E-state index contributed by atoms with van der Waals surface area (Å²) >= 11 is 6.80. The van der Waals surface area contributed by atoms with Gasteiger partial charge < -0.3 is 5.32 Å². The van der Waals surface area contributed by atoms with E-state index in [4.69, 9.17) is 16.7 Å². The average molecular weight is 465 g/mol. The number of nitrogens with zero attached hydrogens (tertiary/aromatic N) is 3. The van der Waals surface area contributed by atoms with Crippen LogP contribution in [0.2, 0.25) is 4.34 Å². The average Bonchev–Trinajstić information content (AvgIpc) is 3.44. The first-order chi connectivity index (χ1) is 14.4. The molecule has 7 nitrogen and oxygen atoms in total. The van der Waals surface area contributed by atoms with Crippen LogP contribution in [-0.4, -0.2) is 42.0 Å². The zero-order valence-corrected chi connectivity index (χ0v) is 18.7. The van der Waals surface area contributed by atoms with E-state index in [-0.39, 0.29) is 23.2 Å². The van der Waals surface area contributed by atoms with Crippen LogP contribution in [0.1, 0.15) is 23.4 Å². The first-order valence-corrected chi connectivity index (χ1v) is 12.1. The van der Waals surface area contributed by atoms with Crippen molar-refractivity contribution in [2.45, 2.75) is 30.0 Å². The van der Waals surface area contributed by atoms with Crippen LogP contribution in [-0.2, 0) is 34.2 Å². The summed E-state index contributed by atoms with van der Waals surface area (Å²) in [5, 5.41) is 7.52. The van der Waals surface area contributed by atoms with Crippen molar-refractivity contribution < 1.29 is 13.2 Å². The Morgan fingerprint density at radius 3 is 2.70 bits per heavy atom. The molecule has 1 aromatic carbocycles. The Hall–Kier alpha value is -2.20. The third-order valence-electron chi connectivity index (χ3n) is 5.05. The highest BCUT2D eigenvalue weighted by atomic mass is 35.5. The smallest absolute Gasteiger partial charge is 0.252 e. The number of para-hydroxylation sites is 1. The van der Waals surface area contributed by atoms with Crippen LogP contribution >= 0.6 is 22.9 Å². The van der Waals surface area contributed by atoms with Gasteiger partial charge in [-0.1, -0.05) is 29.8 Å². The predicted octanol–water partition coefficient (Wildman–Crippen LogP) is 3.01. The number of halogens is 1. The molecule has 2 heterocycles. The highest BCUT2D eigenvalue weighted by molar-refractivity contribution is 7.91. The quantitative estimate of drug-likeness (QED) is 0.582. The van der Waals surface area contributed by atoms with Crippen molar-refractivity contribution in [1.82, 2.24) is 19.4 Å². The maximum absolute atomic E-state index is 12.6. The van der Waals surface area contributed by atoms with Crippen molar-refractivity contribution in [3.8, 4) is 5.69 Å². The number of nitrogens with one attached hydrogen (secondary N) is 1. The molecular weight excluding hydrogens is 444 g/mol. The molecule has 0 unspecified atom stereocenters. The van der Waals surface area contributed by atoms with Gasteiger partial charge in [0.25, 0.3) is 10.0 Å². The summed E-state index contributed by atoms with van der Waals surface area (Å²) in [4.78, 5) is 12.4. The van der Waals surface area contributed by atoms with E-state index in [9.17, 15) is 13.2 Å². The van der Waals surface area contributed by atoms with Gasteiger partial charge >= 0.3 is 0 Å². The summed E-state index contributed by atoms with van der Waals surface area (Å²) in [7, 11) is -2.37. The first kappa shape index (κ1) is 21.0. The minimum absolute atomic E-state index is 0.113. The zero-order valence-electron chi connectivity index (χ0n) is 16.3. The molecule has 4 rings (SSSR count). The summed E-state index contributed by atoms with van der Waals surface area (Å²) in [6.45, 7) is -0.0147. The summed E-state index contributed by atoms with van der Waals surface area (Å²) < 4.78 is 28.6. The molecule has 3 aromatic rings. The van der Waals surface area contributed by atoms with Gasteiger partial charge in [0.1, 0.15) is 4.21 Å². The largest absolute Gasteiger partial charge is 0.349 e. The zero-order chi connectivity index (χ0) is 21.3. The van der Waals surface area contributed by atoms with E-state index in [2.05, 4.69) is 5.32 Å². The van der Waals surface area contributed by atoms with Crippen molar-refractivity contribution in [2.75, 3.05) is 13.6 Å². The van der Waals surface area contributed by atoms with E-state index in [1.165, 1.54) is 30.4 Å². The van der Waals surface area contributed by atoms with Crippen LogP contribution in [0.4, 0.5) is 0 Å². The Labute approximate surface area is 184 Å². The molecule has 1 N–H and O–H groups in total. The summed E-state index contributed by atoms with van der Waals surface area (Å²) in [6, 6.07) is 12.9. The van der Waals surface area contributed by atoms with E-state index in [0.29, 0.717) is 4.34 Å². The van der Waals surface area contributed by atoms with Gasteiger partial charge in [-0.15, -0.1) is 11.3 Å². The molecule has 1 aliphatic carbocycles. The lowest BCUT2D eigenvalue weighted by Crippen LogP contribution is -2.38. The molecular formula is C20H21ClN4O3S2. The number of amides is 1. The van der Waals surface area contributed by atoms with Gasteiger partial charge in [-0.3, -0.25) is 4.79 Å². The molecule has 30 heavy (non-hydrogen) atoms. The van der Waals surface area contributed by atoms with E-state index < -0.39 is 10.0 Å². The topological polar surface area (TPSA) is 84.3 Å². The number of benzene rings is 1. The number of thiophene rings is 1. The SMILES string of the molecule is CN(CC(=O)NCc1nn(-c2ccccc2)c2c1CCC2)S(=O)(=O)c1ccc(Cl)s1. The Morgan fingerprint density at radius 2 is 2.00 bits per heavy atom. The molecule has 0 bridgehead atoms. The number of rotatable bonds is 7. The Morgan fingerprint density at radius 1 is 1.23 bits per heavy atom. The van der Waals surface area contributed by atoms with Crippen molar-refractivity contribution in [3.05, 3.63) is 63.8 Å². The summed E-state index contributed by atoms with van der Waals surface area (Å²) in [5.74, 6) is -0.385. The van der Waals surface area contributed by atoms with Gasteiger partial charge in [0, 0.05) is 12.7 Å². The van der Waals surface area contributed by atoms with Crippen LogP contribution in [0.3, 0.4) is 0 Å². The van der Waals surface area contributed by atoms with Gasteiger partial charge in [-0.05, 0) is 49.1 Å². The number of likely N-dealkylation sites (N-methyl/N-ethyl adjacent to an activating group) is 1. The Bertz CT molecular complexity index is 1170. The minimum Gasteiger partial charge on any atom is -0.349 e. The molecule has 2 aromatic heterocycles. The summed E-state index contributed by atoms with van der Waals surface area (Å²) in [5.41, 5.74) is 4.18. The molecule has 0 saturated heterocycles. The number of hydrogen-bond donors (Lipinski definition) is 1. The van der Waals surface area contributed by atoms with Crippen molar-refractivity contribution >= 4 is 38.9 Å². The van der Waals surface area contributed by atoms with Crippen LogP contribution < -0.4 is 5.32 Å². The van der Waals surface area contributed by atoms with Gasteiger partial charge in [-0.25, -0.2) is 13.1 Å². The molecule has 10 heteroatoms. The van der Waals surface area contributed by atoms with Gasteiger partial charge in [0.15, 0.2) is 0 Å². The fraction of sp³-hybridized carbons (Fsp3) is 0.300. The lowest BCUT2D eigenvalue weighted by Gasteiger charge is -2.15. The first-order valence-electron chi connectivity index (χ1n) is 9.49. The number of sulfonamides is 1. The van der Waals surface area contributed by atoms with Crippen molar-refractivity contribution in [3.63, 3.8) is 0 Å². The number of aromatic nitrogens is 2. The van der Waals surface area contributed by atoms with Crippen molar-refractivity contribution in [2.24, 2.45) is 0 Å². The van der Waals surface area contributed by atoms with Crippen molar-refractivity contribution in [1.29, 1.82) is 0 Å². The molecule has 0 aliphatic heterocycles. The van der Waals surface area contributed by atoms with Crippen LogP contribution in [0.15, 0.2) is 46.7 Å². The highest BCUT2D eigenvalue weighted by Crippen LogP contribution is 2.28. The molecule has 0 spiro atoms. The van der Waals surface area contributed by atoms with Gasteiger partial charge in [0.05, 0.1) is 28.8 Å². The maximum atomic E-state index is 12.6. The maximum Gasteiger partial charge on any atom is 0.252 e. The molecule has 1 amide bonds. The second-order valence-electron chi connectivity index (χ2n) is 7.07. The number of fused-ring (bicyclic) bond motifs is 1. The Balaban J connectivity index is 1.43. The lowest BCUT2D eigenvalue weighted by molar-refractivity contribution is -0.121. The number of hydrogen-bond acceptors (Lipinski definition) is 5. The highest BCUT2D eigenvalue weighted by Gasteiger charge is 2.26. The van der Waals surface area contributed by atoms with E-state index >= 15 is 0 Å². The third kappa shape index (κ3) is 4.15. The molecule has 158 valence electrons. The lowest BCUT2D eigenvalue weighted by atomic mass is 10.2. The second kappa shape index (κ2) is 8.50. The van der Waals surface area contributed by atoms with Crippen LogP contribution in [0.25, 0.3) is 5.69 Å². The van der Waals surface area contributed by atoms with Crippen LogP contribution in [0.5, 0.6) is 0 Å². The minimum atomic E-state index is -3.75. The van der Waals surface area contributed by atoms with E-state index in [1.807, 2.05) is 35.0 Å². The fourth-order valence-corrected chi connectivity index (χ4v) is 6.37. The number of carbonyl (C=O) groups is 1. The predicted molar refractivity (Wildman–Crippen MR) is 117 cm³/mol.